The fraction of sp³-hybridized carbons (Fsp3) is 0.355. The second-order valence-corrected chi connectivity index (χ2v) is 10.6. The third-order valence-electron chi connectivity index (χ3n) is 7.71. The Labute approximate surface area is 228 Å². The van der Waals surface area contributed by atoms with Crippen LogP contribution in [0.3, 0.4) is 0 Å². The van der Waals surface area contributed by atoms with Gasteiger partial charge in [-0.1, -0.05) is 30.7 Å². The average molecular weight is 523 g/mol. The predicted octanol–water partition coefficient (Wildman–Crippen LogP) is 6.09. The molecule has 1 amide bonds. The standard InChI is InChI=1S/C31H34N6O2/c1-20-12-13-23-24(9-3-11-26(23)36-28(38)18-21-6-2-7-21)29(20)39-30-25(10-5-16-33-30)27-14-17-34-31(37-27)35-22-8-4-15-32-19-22/h3,5,9-14,16-17,21-22,32H,2,4,6-8,15,18-19H2,1H3,(H,36,38)(H,34,35,37)/t22-/m0/s1. The van der Waals surface area contributed by atoms with Crippen LogP contribution in [0.5, 0.6) is 11.6 Å². The Kier molecular flexibility index (Phi) is 7.36. The Hall–Kier alpha value is -4.04. The number of nitrogens with one attached hydrogen (secondary N) is 3. The maximum Gasteiger partial charge on any atom is 0.228 e. The molecule has 2 aromatic heterocycles. The van der Waals surface area contributed by atoms with E-state index in [0.29, 0.717) is 36.0 Å². The molecule has 0 bridgehead atoms. The van der Waals surface area contributed by atoms with Gasteiger partial charge in [-0.05, 0) is 74.9 Å². The van der Waals surface area contributed by atoms with Crippen molar-refractivity contribution in [2.75, 3.05) is 23.7 Å². The molecular weight excluding hydrogens is 488 g/mol. The Morgan fingerprint density at radius 3 is 2.74 bits per heavy atom. The smallest absolute Gasteiger partial charge is 0.228 e. The molecule has 1 aliphatic heterocycles. The van der Waals surface area contributed by atoms with E-state index in [9.17, 15) is 4.79 Å². The summed E-state index contributed by atoms with van der Waals surface area (Å²) in [5, 5.41) is 11.9. The lowest BCUT2D eigenvalue weighted by Gasteiger charge is -2.24. The van der Waals surface area contributed by atoms with Gasteiger partial charge in [-0.15, -0.1) is 0 Å². The van der Waals surface area contributed by atoms with E-state index in [2.05, 4.69) is 25.9 Å². The van der Waals surface area contributed by atoms with E-state index in [-0.39, 0.29) is 5.91 Å². The number of fused-ring (bicyclic) bond motifs is 1. The van der Waals surface area contributed by atoms with Gasteiger partial charge in [-0.2, -0.15) is 0 Å². The van der Waals surface area contributed by atoms with Crippen molar-refractivity contribution >= 4 is 28.3 Å². The van der Waals surface area contributed by atoms with Crippen molar-refractivity contribution in [1.29, 1.82) is 0 Å². The summed E-state index contributed by atoms with van der Waals surface area (Å²) < 4.78 is 6.53. The fourth-order valence-corrected chi connectivity index (χ4v) is 5.34. The Bertz CT molecular complexity index is 1480. The molecule has 39 heavy (non-hydrogen) atoms. The third kappa shape index (κ3) is 5.71. The summed E-state index contributed by atoms with van der Waals surface area (Å²) in [5.74, 6) is 2.36. The highest BCUT2D eigenvalue weighted by molar-refractivity contribution is 6.04. The second kappa shape index (κ2) is 11.4. The first-order valence-corrected chi connectivity index (χ1v) is 13.9. The lowest BCUT2D eigenvalue weighted by Crippen LogP contribution is -2.38. The number of carbonyl (C=O) groups excluding carboxylic acids is 1. The number of hydrogen-bond donors (Lipinski definition) is 3. The number of ether oxygens (including phenoxy) is 1. The summed E-state index contributed by atoms with van der Waals surface area (Å²) in [4.78, 5) is 26.5. The molecule has 0 spiro atoms. The van der Waals surface area contributed by atoms with Crippen molar-refractivity contribution in [1.82, 2.24) is 20.3 Å². The lowest BCUT2D eigenvalue weighted by atomic mass is 9.83. The van der Waals surface area contributed by atoms with Crippen LogP contribution in [0.2, 0.25) is 0 Å². The minimum Gasteiger partial charge on any atom is -0.437 e. The highest BCUT2D eigenvalue weighted by Gasteiger charge is 2.22. The maximum atomic E-state index is 12.7. The molecule has 200 valence electrons. The SMILES string of the molecule is Cc1ccc2c(NC(=O)CC3CCC3)cccc2c1Oc1ncccc1-c1ccnc(N[C@H]2CCCNC2)n1. The van der Waals surface area contributed by atoms with Crippen molar-refractivity contribution in [3.05, 3.63) is 66.5 Å². The normalized spacial score (nSPS) is 17.4. The average Bonchev–Trinajstić information content (AvgIpc) is 2.93. The number of amides is 1. The van der Waals surface area contributed by atoms with Crippen LogP contribution in [0, 0.1) is 12.8 Å². The molecule has 0 radical (unpaired) electrons. The molecule has 2 fully saturated rings. The number of hydrogen-bond acceptors (Lipinski definition) is 7. The predicted molar refractivity (Wildman–Crippen MR) is 154 cm³/mol. The molecular formula is C31H34N6O2. The summed E-state index contributed by atoms with van der Waals surface area (Å²) in [6, 6.07) is 16.0. The Morgan fingerprint density at radius 2 is 1.92 bits per heavy atom. The number of carbonyl (C=O) groups is 1. The number of aromatic nitrogens is 3. The monoisotopic (exact) mass is 522 g/mol. The topological polar surface area (TPSA) is 101 Å². The molecule has 8 heteroatoms. The van der Waals surface area contributed by atoms with Gasteiger partial charge in [-0.3, -0.25) is 4.79 Å². The summed E-state index contributed by atoms with van der Waals surface area (Å²) >= 11 is 0. The van der Waals surface area contributed by atoms with E-state index in [1.165, 1.54) is 6.42 Å². The zero-order valence-electron chi connectivity index (χ0n) is 22.2. The van der Waals surface area contributed by atoms with E-state index >= 15 is 0 Å². The van der Waals surface area contributed by atoms with E-state index in [1.807, 2.05) is 55.5 Å². The van der Waals surface area contributed by atoms with Crippen LogP contribution in [0.1, 0.15) is 44.1 Å². The highest BCUT2D eigenvalue weighted by Crippen LogP contribution is 2.39. The van der Waals surface area contributed by atoms with Crippen molar-refractivity contribution in [3.8, 4) is 22.9 Å². The Morgan fingerprint density at radius 1 is 1.00 bits per heavy atom. The van der Waals surface area contributed by atoms with Crippen LogP contribution in [0.4, 0.5) is 11.6 Å². The van der Waals surface area contributed by atoms with Gasteiger partial charge in [0.2, 0.25) is 17.7 Å². The second-order valence-electron chi connectivity index (χ2n) is 10.6. The molecule has 1 atom stereocenters. The molecule has 0 unspecified atom stereocenters. The van der Waals surface area contributed by atoms with Gasteiger partial charge < -0.3 is 20.7 Å². The molecule has 4 aromatic rings. The van der Waals surface area contributed by atoms with Gasteiger partial charge in [-0.25, -0.2) is 15.0 Å². The molecule has 1 saturated heterocycles. The zero-order valence-corrected chi connectivity index (χ0v) is 22.2. The van der Waals surface area contributed by atoms with E-state index in [1.54, 1.807) is 12.4 Å². The highest BCUT2D eigenvalue weighted by atomic mass is 16.5. The van der Waals surface area contributed by atoms with E-state index in [4.69, 9.17) is 9.72 Å². The molecule has 6 rings (SSSR count). The van der Waals surface area contributed by atoms with Crippen molar-refractivity contribution in [2.24, 2.45) is 5.92 Å². The number of piperidine rings is 1. The molecule has 1 saturated carbocycles. The molecule has 2 aliphatic rings. The third-order valence-corrected chi connectivity index (χ3v) is 7.71. The zero-order chi connectivity index (χ0) is 26.6. The Balaban J connectivity index is 1.29. The van der Waals surface area contributed by atoms with Crippen LogP contribution < -0.4 is 20.7 Å². The lowest BCUT2D eigenvalue weighted by molar-refractivity contribution is -0.117. The van der Waals surface area contributed by atoms with Crippen LogP contribution in [0.25, 0.3) is 22.0 Å². The summed E-state index contributed by atoms with van der Waals surface area (Å²) in [6.07, 6.45) is 9.81. The van der Waals surface area contributed by atoms with Crippen LogP contribution >= 0.6 is 0 Å². The van der Waals surface area contributed by atoms with Crippen molar-refractivity contribution < 1.29 is 9.53 Å². The van der Waals surface area contributed by atoms with E-state index < -0.39 is 0 Å². The first-order valence-electron chi connectivity index (χ1n) is 13.9. The number of rotatable bonds is 8. The molecule has 3 N–H and O–H groups in total. The van der Waals surface area contributed by atoms with Gasteiger partial charge in [0, 0.05) is 47.9 Å². The molecule has 1 aliphatic carbocycles. The number of benzene rings is 2. The van der Waals surface area contributed by atoms with Crippen molar-refractivity contribution in [2.45, 2.75) is 51.5 Å². The maximum absolute atomic E-state index is 12.7. The van der Waals surface area contributed by atoms with Gasteiger partial charge in [0.15, 0.2) is 0 Å². The van der Waals surface area contributed by atoms with Gasteiger partial charge in [0.1, 0.15) is 5.75 Å². The quantitative estimate of drug-likeness (QED) is 0.258. The first kappa shape index (κ1) is 25.2. The molecule has 2 aromatic carbocycles. The van der Waals surface area contributed by atoms with Crippen molar-refractivity contribution in [3.63, 3.8) is 0 Å². The largest absolute Gasteiger partial charge is 0.437 e. The number of pyridine rings is 1. The van der Waals surface area contributed by atoms with Crippen LogP contribution in [0.15, 0.2) is 60.9 Å². The minimum absolute atomic E-state index is 0.0689. The van der Waals surface area contributed by atoms with E-state index in [0.717, 1.165) is 72.1 Å². The number of anilines is 2. The fourth-order valence-electron chi connectivity index (χ4n) is 5.34. The minimum atomic E-state index is 0.0689. The first-order chi connectivity index (χ1) is 19.1. The number of nitrogens with zero attached hydrogens (tertiary/aromatic N) is 3. The number of aryl methyl sites for hydroxylation is 1. The summed E-state index contributed by atoms with van der Waals surface area (Å²) in [5.41, 5.74) is 3.30. The molecule has 3 heterocycles. The van der Waals surface area contributed by atoms with Crippen LogP contribution in [-0.2, 0) is 4.79 Å². The summed E-state index contributed by atoms with van der Waals surface area (Å²) in [6.45, 7) is 3.97. The summed E-state index contributed by atoms with van der Waals surface area (Å²) in [7, 11) is 0. The van der Waals surface area contributed by atoms with Gasteiger partial charge >= 0.3 is 0 Å². The van der Waals surface area contributed by atoms with Gasteiger partial charge in [0.25, 0.3) is 0 Å². The van der Waals surface area contributed by atoms with Gasteiger partial charge in [0.05, 0.1) is 11.3 Å². The van der Waals surface area contributed by atoms with Crippen LogP contribution in [-0.4, -0.2) is 40.0 Å². The molecule has 8 nitrogen and oxygen atoms in total.